The van der Waals surface area contributed by atoms with Crippen LogP contribution in [0.25, 0.3) is 0 Å². The maximum absolute atomic E-state index is 12.8. The van der Waals surface area contributed by atoms with Gasteiger partial charge in [0.15, 0.2) is 0 Å². The Balaban J connectivity index is 1.84. The SMILES string of the molecule is Nc1cc(CCOc2cccc(F)c2)[nH]n1. The Morgan fingerprint density at radius 2 is 2.25 bits per heavy atom. The number of nitrogen functional groups attached to an aromatic ring is 1. The molecule has 3 N–H and O–H groups in total. The summed E-state index contributed by atoms with van der Waals surface area (Å²) < 4.78 is 18.2. The highest BCUT2D eigenvalue weighted by molar-refractivity contribution is 5.28. The van der Waals surface area contributed by atoms with Crippen LogP contribution in [-0.4, -0.2) is 16.8 Å². The van der Waals surface area contributed by atoms with E-state index in [0.717, 1.165) is 5.69 Å². The van der Waals surface area contributed by atoms with Crippen LogP contribution in [-0.2, 0) is 6.42 Å². The molecule has 0 saturated carbocycles. The highest BCUT2D eigenvalue weighted by atomic mass is 19.1. The Morgan fingerprint density at radius 1 is 1.38 bits per heavy atom. The third-order valence-corrected chi connectivity index (χ3v) is 2.09. The summed E-state index contributed by atoms with van der Waals surface area (Å²) in [6.07, 6.45) is 0.653. The van der Waals surface area contributed by atoms with Gasteiger partial charge in [0.25, 0.3) is 0 Å². The van der Waals surface area contributed by atoms with Crippen molar-refractivity contribution in [2.75, 3.05) is 12.3 Å². The van der Waals surface area contributed by atoms with Gasteiger partial charge in [-0.25, -0.2) is 4.39 Å². The van der Waals surface area contributed by atoms with Crippen molar-refractivity contribution >= 4 is 5.82 Å². The number of H-pyrrole nitrogens is 1. The Morgan fingerprint density at radius 3 is 2.94 bits per heavy atom. The summed E-state index contributed by atoms with van der Waals surface area (Å²) >= 11 is 0. The number of hydrogen-bond donors (Lipinski definition) is 2. The number of aromatic nitrogens is 2. The van der Waals surface area contributed by atoms with Gasteiger partial charge in [-0.3, -0.25) is 5.10 Å². The van der Waals surface area contributed by atoms with E-state index in [0.29, 0.717) is 24.6 Å². The predicted molar refractivity (Wildman–Crippen MR) is 58.6 cm³/mol. The zero-order valence-corrected chi connectivity index (χ0v) is 8.61. The highest BCUT2D eigenvalue weighted by Crippen LogP contribution is 2.12. The Kier molecular flexibility index (Phi) is 3.05. The topological polar surface area (TPSA) is 63.9 Å². The van der Waals surface area contributed by atoms with Crippen LogP contribution in [0.15, 0.2) is 30.3 Å². The van der Waals surface area contributed by atoms with E-state index in [9.17, 15) is 4.39 Å². The molecule has 0 spiro atoms. The van der Waals surface area contributed by atoms with Crippen molar-refractivity contribution in [1.29, 1.82) is 0 Å². The molecule has 0 aliphatic rings. The molecule has 0 atom stereocenters. The molecule has 84 valence electrons. The van der Waals surface area contributed by atoms with Gasteiger partial charge in [0.05, 0.1) is 6.61 Å². The molecular formula is C11H12FN3O. The third-order valence-electron chi connectivity index (χ3n) is 2.09. The van der Waals surface area contributed by atoms with Gasteiger partial charge in [0.2, 0.25) is 0 Å². The highest BCUT2D eigenvalue weighted by Gasteiger charge is 1.99. The minimum atomic E-state index is -0.303. The van der Waals surface area contributed by atoms with Gasteiger partial charge < -0.3 is 10.5 Å². The number of halogens is 1. The number of rotatable bonds is 4. The fourth-order valence-electron chi connectivity index (χ4n) is 1.34. The summed E-state index contributed by atoms with van der Waals surface area (Å²) in [4.78, 5) is 0. The number of nitrogens with one attached hydrogen (secondary N) is 1. The second kappa shape index (κ2) is 4.65. The molecule has 0 radical (unpaired) electrons. The van der Waals surface area contributed by atoms with E-state index in [2.05, 4.69) is 10.2 Å². The summed E-state index contributed by atoms with van der Waals surface area (Å²) in [6, 6.07) is 7.79. The summed E-state index contributed by atoms with van der Waals surface area (Å²) in [5, 5.41) is 6.57. The van der Waals surface area contributed by atoms with Crippen molar-refractivity contribution in [3.8, 4) is 5.75 Å². The number of anilines is 1. The van der Waals surface area contributed by atoms with E-state index in [1.807, 2.05) is 0 Å². The molecule has 0 unspecified atom stereocenters. The van der Waals surface area contributed by atoms with Crippen LogP contribution in [0, 0.1) is 5.82 Å². The average molecular weight is 221 g/mol. The van der Waals surface area contributed by atoms with Crippen molar-refractivity contribution in [3.05, 3.63) is 41.8 Å². The van der Waals surface area contributed by atoms with Crippen LogP contribution >= 0.6 is 0 Å². The molecule has 16 heavy (non-hydrogen) atoms. The summed E-state index contributed by atoms with van der Waals surface area (Å²) in [6.45, 7) is 0.449. The lowest BCUT2D eigenvalue weighted by Gasteiger charge is -2.04. The van der Waals surface area contributed by atoms with E-state index < -0.39 is 0 Å². The fraction of sp³-hybridized carbons (Fsp3) is 0.182. The van der Waals surface area contributed by atoms with Gasteiger partial charge in [-0.2, -0.15) is 5.10 Å². The second-order valence-corrected chi connectivity index (χ2v) is 3.37. The van der Waals surface area contributed by atoms with E-state index in [-0.39, 0.29) is 5.82 Å². The molecule has 5 heteroatoms. The normalized spacial score (nSPS) is 10.3. The lowest BCUT2D eigenvalue weighted by atomic mass is 10.3. The van der Waals surface area contributed by atoms with E-state index in [4.69, 9.17) is 10.5 Å². The van der Waals surface area contributed by atoms with Gasteiger partial charge in [-0.1, -0.05) is 6.07 Å². The first-order valence-electron chi connectivity index (χ1n) is 4.92. The summed E-state index contributed by atoms with van der Waals surface area (Å²) in [7, 11) is 0. The number of nitrogens with zero attached hydrogens (tertiary/aromatic N) is 1. The van der Waals surface area contributed by atoms with E-state index in [1.54, 1.807) is 18.2 Å². The Hall–Kier alpha value is -2.04. The van der Waals surface area contributed by atoms with E-state index in [1.165, 1.54) is 12.1 Å². The van der Waals surface area contributed by atoms with Crippen LogP contribution in [0.2, 0.25) is 0 Å². The molecule has 0 aliphatic carbocycles. The second-order valence-electron chi connectivity index (χ2n) is 3.37. The molecule has 0 fully saturated rings. The fourth-order valence-corrected chi connectivity index (χ4v) is 1.34. The number of hydrogen-bond acceptors (Lipinski definition) is 3. The minimum Gasteiger partial charge on any atom is -0.493 e. The van der Waals surface area contributed by atoms with E-state index >= 15 is 0 Å². The number of nitrogens with two attached hydrogens (primary N) is 1. The molecule has 1 aromatic carbocycles. The molecule has 0 aliphatic heterocycles. The molecule has 1 heterocycles. The maximum Gasteiger partial charge on any atom is 0.145 e. The van der Waals surface area contributed by atoms with Crippen LogP contribution in [0.1, 0.15) is 5.69 Å². The van der Waals surface area contributed by atoms with Crippen molar-refractivity contribution in [2.45, 2.75) is 6.42 Å². The van der Waals surface area contributed by atoms with Crippen LogP contribution in [0.5, 0.6) is 5.75 Å². The monoisotopic (exact) mass is 221 g/mol. The van der Waals surface area contributed by atoms with Crippen molar-refractivity contribution in [3.63, 3.8) is 0 Å². The van der Waals surface area contributed by atoms with Crippen LogP contribution in [0.4, 0.5) is 10.2 Å². The van der Waals surface area contributed by atoms with Crippen molar-refractivity contribution < 1.29 is 9.13 Å². The minimum absolute atomic E-state index is 0.303. The molecule has 2 rings (SSSR count). The summed E-state index contributed by atoms with van der Waals surface area (Å²) in [5.74, 6) is 0.677. The number of benzene rings is 1. The first-order chi connectivity index (χ1) is 7.74. The molecule has 0 amide bonds. The third kappa shape index (κ3) is 2.73. The molecule has 0 bridgehead atoms. The van der Waals surface area contributed by atoms with Crippen molar-refractivity contribution in [2.24, 2.45) is 0 Å². The van der Waals surface area contributed by atoms with Gasteiger partial charge in [-0.15, -0.1) is 0 Å². The maximum atomic E-state index is 12.8. The molecular weight excluding hydrogens is 209 g/mol. The first-order valence-corrected chi connectivity index (χ1v) is 4.92. The molecule has 2 aromatic rings. The summed E-state index contributed by atoms with van der Waals surface area (Å²) in [5.41, 5.74) is 6.35. The molecule has 0 saturated heterocycles. The largest absolute Gasteiger partial charge is 0.493 e. The smallest absolute Gasteiger partial charge is 0.145 e. The zero-order chi connectivity index (χ0) is 11.4. The zero-order valence-electron chi connectivity index (χ0n) is 8.61. The molecule has 4 nitrogen and oxygen atoms in total. The standard InChI is InChI=1S/C11H12FN3O/c12-8-2-1-3-10(6-8)16-5-4-9-7-11(13)15-14-9/h1-3,6-7H,4-5H2,(H3,13,14,15). The Labute approximate surface area is 92.2 Å². The van der Waals surface area contributed by atoms with Gasteiger partial charge in [-0.05, 0) is 12.1 Å². The first kappa shape index (κ1) is 10.5. The number of aromatic amines is 1. The van der Waals surface area contributed by atoms with Gasteiger partial charge >= 0.3 is 0 Å². The quantitative estimate of drug-likeness (QED) is 0.826. The lowest BCUT2D eigenvalue weighted by Crippen LogP contribution is -2.01. The lowest BCUT2D eigenvalue weighted by molar-refractivity contribution is 0.319. The van der Waals surface area contributed by atoms with Crippen molar-refractivity contribution in [1.82, 2.24) is 10.2 Å². The molecule has 1 aromatic heterocycles. The van der Waals surface area contributed by atoms with Crippen LogP contribution < -0.4 is 10.5 Å². The van der Waals surface area contributed by atoms with Gasteiger partial charge in [0.1, 0.15) is 17.4 Å². The Bertz CT molecular complexity index is 470. The van der Waals surface area contributed by atoms with Gasteiger partial charge in [0, 0.05) is 24.2 Å². The average Bonchev–Trinajstić information content (AvgIpc) is 2.64. The predicted octanol–water partition coefficient (Wildman–Crippen LogP) is 1.75. The number of ether oxygens (including phenoxy) is 1. The van der Waals surface area contributed by atoms with Crippen LogP contribution in [0.3, 0.4) is 0 Å².